The lowest BCUT2D eigenvalue weighted by atomic mass is 10.3. The highest BCUT2D eigenvalue weighted by atomic mass is 16.3. The smallest absolute Gasteiger partial charge is 0.152 e. The SMILES string of the molecule is [2H]c1oc2cnccc2c1[2H]. The molecule has 0 aromatic carbocycles. The molecule has 0 aliphatic carbocycles. The van der Waals surface area contributed by atoms with Crippen LogP contribution in [0.25, 0.3) is 11.0 Å². The Kier molecular flexibility index (Phi) is 0.530. The van der Waals surface area contributed by atoms with Gasteiger partial charge in [-0.05, 0) is 12.1 Å². The maximum absolute atomic E-state index is 7.36. The summed E-state index contributed by atoms with van der Waals surface area (Å²) in [6, 6.07) is 1.79. The normalized spacial score (nSPS) is 13.3. The summed E-state index contributed by atoms with van der Waals surface area (Å²) in [5, 5.41) is 0.644. The second-order valence-corrected chi connectivity index (χ2v) is 1.70. The first-order chi connectivity index (χ1) is 5.29. The average molecular weight is 121 g/mol. The van der Waals surface area contributed by atoms with Crippen LogP contribution in [0.4, 0.5) is 0 Å². The van der Waals surface area contributed by atoms with Crippen LogP contribution in [0.3, 0.4) is 0 Å². The molecule has 0 spiro atoms. The second kappa shape index (κ2) is 1.58. The van der Waals surface area contributed by atoms with Crippen LogP contribution in [0.2, 0.25) is 0 Å². The van der Waals surface area contributed by atoms with Gasteiger partial charge < -0.3 is 4.42 Å². The molecule has 2 rings (SSSR count). The third-order valence-corrected chi connectivity index (χ3v) is 1.13. The fourth-order valence-electron chi connectivity index (χ4n) is 0.700. The van der Waals surface area contributed by atoms with Crippen LogP contribution >= 0.6 is 0 Å². The van der Waals surface area contributed by atoms with Gasteiger partial charge in [-0.15, -0.1) is 0 Å². The van der Waals surface area contributed by atoms with E-state index in [2.05, 4.69) is 4.98 Å². The Balaban J connectivity index is 2.92. The monoisotopic (exact) mass is 121 g/mol. The zero-order valence-electron chi connectivity index (χ0n) is 6.59. The Bertz CT molecular complexity index is 396. The minimum absolute atomic E-state index is 0.104. The number of fused-ring (bicyclic) bond motifs is 1. The van der Waals surface area contributed by atoms with Crippen molar-refractivity contribution in [2.45, 2.75) is 0 Å². The Morgan fingerprint density at radius 2 is 2.67 bits per heavy atom. The van der Waals surface area contributed by atoms with E-state index in [1.807, 2.05) is 0 Å². The molecule has 2 heterocycles. The van der Waals surface area contributed by atoms with Gasteiger partial charge in [0.1, 0.15) is 1.37 Å². The van der Waals surface area contributed by atoms with Gasteiger partial charge in [0, 0.05) is 11.6 Å². The molecule has 44 valence electrons. The van der Waals surface area contributed by atoms with E-state index in [0.717, 1.165) is 0 Å². The zero-order valence-corrected chi connectivity index (χ0v) is 4.59. The number of hydrogen-bond acceptors (Lipinski definition) is 2. The van der Waals surface area contributed by atoms with Crippen LogP contribution in [0.15, 0.2) is 35.2 Å². The summed E-state index contributed by atoms with van der Waals surface area (Å²) in [5.74, 6) is 0. The van der Waals surface area contributed by atoms with Gasteiger partial charge >= 0.3 is 0 Å². The molecule has 0 saturated carbocycles. The lowest BCUT2D eigenvalue weighted by molar-refractivity contribution is 0.614. The van der Waals surface area contributed by atoms with Crippen molar-refractivity contribution in [3.63, 3.8) is 0 Å². The molecule has 0 radical (unpaired) electrons. The number of pyridine rings is 1. The third-order valence-electron chi connectivity index (χ3n) is 1.13. The van der Waals surface area contributed by atoms with Crippen LogP contribution in [-0.4, -0.2) is 4.98 Å². The van der Waals surface area contributed by atoms with E-state index >= 15 is 0 Å². The molecule has 0 atom stereocenters. The first-order valence-electron chi connectivity index (χ1n) is 3.59. The summed E-state index contributed by atoms with van der Waals surface area (Å²) in [5.41, 5.74) is 0.502. The molecule has 0 aliphatic rings. The Morgan fingerprint density at radius 1 is 1.67 bits per heavy atom. The summed E-state index contributed by atoms with van der Waals surface area (Å²) in [4.78, 5) is 3.81. The number of hydrogen-bond donors (Lipinski definition) is 0. The van der Waals surface area contributed by atoms with Crippen molar-refractivity contribution in [1.82, 2.24) is 4.98 Å². The number of aromatic nitrogens is 1. The second-order valence-electron chi connectivity index (χ2n) is 1.70. The molecule has 2 heteroatoms. The lowest BCUT2D eigenvalue weighted by Gasteiger charge is -1.80. The molecule has 9 heavy (non-hydrogen) atoms. The van der Waals surface area contributed by atoms with Gasteiger partial charge in [-0.3, -0.25) is 4.98 Å². The standard InChI is InChI=1S/C7H5NO/c1-3-8-5-7-6(1)2-4-9-7/h1-5H/i2D,4D. The summed E-state index contributed by atoms with van der Waals surface area (Å²) in [7, 11) is 0. The van der Waals surface area contributed by atoms with Crippen LogP contribution in [-0.2, 0) is 0 Å². The lowest BCUT2D eigenvalue weighted by Crippen LogP contribution is -1.65. The molecular formula is C7H5NO. The van der Waals surface area contributed by atoms with Crippen LogP contribution in [0.5, 0.6) is 0 Å². The molecule has 2 aromatic rings. The summed E-state index contributed by atoms with van der Waals surface area (Å²) in [6.45, 7) is 0. The molecule has 2 nitrogen and oxygen atoms in total. The van der Waals surface area contributed by atoms with E-state index in [1.54, 1.807) is 12.3 Å². The van der Waals surface area contributed by atoms with Crippen LogP contribution in [0, 0.1) is 0 Å². The predicted octanol–water partition coefficient (Wildman–Crippen LogP) is 1.83. The maximum Gasteiger partial charge on any atom is 0.152 e. The zero-order chi connectivity index (χ0) is 7.84. The van der Waals surface area contributed by atoms with E-state index in [1.165, 1.54) is 6.20 Å². The molecule has 0 fully saturated rings. The number of rotatable bonds is 0. The topological polar surface area (TPSA) is 26.0 Å². The minimum atomic E-state index is -0.104. The van der Waals surface area contributed by atoms with E-state index in [9.17, 15) is 0 Å². The molecule has 0 unspecified atom stereocenters. The molecule has 0 aliphatic heterocycles. The number of nitrogens with zero attached hydrogens (tertiary/aromatic N) is 1. The Labute approximate surface area is 54.9 Å². The van der Waals surface area contributed by atoms with Gasteiger partial charge in [0.05, 0.1) is 13.8 Å². The Morgan fingerprint density at radius 3 is 3.56 bits per heavy atom. The maximum atomic E-state index is 7.36. The van der Waals surface area contributed by atoms with Crippen molar-refractivity contribution in [1.29, 1.82) is 0 Å². The Hall–Kier alpha value is -1.31. The largest absolute Gasteiger partial charge is 0.463 e. The fourth-order valence-corrected chi connectivity index (χ4v) is 0.700. The quantitative estimate of drug-likeness (QED) is 0.531. The molecule has 2 aromatic heterocycles. The van der Waals surface area contributed by atoms with Crippen molar-refractivity contribution < 1.29 is 7.16 Å². The minimum Gasteiger partial charge on any atom is -0.463 e. The first kappa shape index (κ1) is 3.01. The van der Waals surface area contributed by atoms with Gasteiger partial charge in [0.25, 0.3) is 0 Å². The van der Waals surface area contributed by atoms with E-state index in [-0.39, 0.29) is 12.3 Å². The van der Waals surface area contributed by atoms with E-state index < -0.39 is 0 Å². The van der Waals surface area contributed by atoms with E-state index in [0.29, 0.717) is 11.0 Å². The van der Waals surface area contributed by atoms with Crippen molar-refractivity contribution in [3.8, 4) is 0 Å². The summed E-state index contributed by atoms with van der Waals surface area (Å²) in [6.07, 6.45) is 2.98. The van der Waals surface area contributed by atoms with Crippen LogP contribution < -0.4 is 0 Å². The van der Waals surface area contributed by atoms with Gasteiger partial charge in [-0.2, -0.15) is 0 Å². The van der Waals surface area contributed by atoms with Gasteiger partial charge in [-0.25, -0.2) is 0 Å². The highest BCUT2D eigenvalue weighted by Gasteiger charge is 1.90. The highest BCUT2D eigenvalue weighted by Crippen LogP contribution is 2.11. The molecule has 0 saturated heterocycles. The molecule has 0 bridgehead atoms. The van der Waals surface area contributed by atoms with Crippen molar-refractivity contribution in [3.05, 3.63) is 30.7 Å². The van der Waals surface area contributed by atoms with Gasteiger partial charge in [-0.1, -0.05) is 0 Å². The molecule has 0 amide bonds. The van der Waals surface area contributed by atoms with Crippen molar-refractivity contribution >= 4 is 11.0 Å². The summed E-state index contributed by atoms with van der Waals surface area (Å²) < 4.78 is 19.4. The van der Waals surface area contributed by atoms with Crippen LogP contribution in [0.1, 0.15) is 2.74 Å². The van der Waals surface area contributed by atoms with Crippen molar-refractivity contribution in [2.24, 2.45) is 0 Å². The third kappa shape index (κ3) is 0.598. The molecular weight excluding hydrogens is 114 g/mol. The average Bonchev–Trinajstić information content (AvgIpc) is 2.30. The fraction of sp³-hybridized carbons (Fsp3) is 0. The highest BCUT2D eigenvalue weighted by molar-refractivity contribution is 5.75. The van der Waals surface area contributed by atoms with E-state index in [4.69, 9.17) is 7.16 Å². The molecule has 0 N–H and O–H groups in total. The first-order valence-corrected chi connectivity index (χ1v) is 2.59. The summed E-state index contributed by atoms with van der Waals surface area (Å²) >= 11 is 0. The van der Waals surface area contributed by atoms with Gasteiger partial charge in [0.15, 0.2) is 5.58 Å². The van der Waals surface area contributed by atoms with Crippen molar-refractivity contribution in [2.75, 3.05) is 0 Å². The van der Waals surface area contributed by atoms with Gasteiger partial charge in [0.2, 0.25) is 0 Å². The number of furan rings is 1. The predicted molar refractivity (Wildman–Crippen MR) is 34.0 cm³/mol.